The van der Waals surface area contributed by atoms with Gasteiger partial charge in [-0.25, -0.2) is 9.59 Å². The topological polar surface area (TPSA) is 93.1 Å². The zero-order valence-electron chi connectivity index (χ0n) is 9.62. The van der Waals surface area contributed by atoms with Gasteiger partial charge in [-0.1, -0.05) is 6.07 Å². The van der Waals surface area contributed by atoms with Gasteiger partial charge in [0.15, 0.2) is 18.1 Å². The normalized spacial score (nSPS) is 10.3. The Morgan fingerprint density at radius 1 is 1.28 bits per heavy atom. The number of carbonyl (C=O) groups is 2. The lowest BCUT2D eigenvalue weighted by molar-refractivity contribution is -0.139. The number of aliphatic carboxylic acids is 2. The minimum Gasteiger partial charge on any atom is -0.493 e. The van der Waals surface area contributed by atoms with Crippen molar-refractivity contribution in [1.29, 1.82) is 0 Å². The van der Waals surface area contributed by atoms with Crippen LogP contribution in [0.15, 0.2) is 24.3 Å². The Balaban J connectivity index is 2.89. The summed E-state index contributed by atoms with van der Waals surface area (Å²) in [6.07, 6.45) is 2.39. The van der Waals surface area contributed by atoms with Gasteiger partial charge in [-0.3, -0.25) is 0 Å². The lowest BCUT2D eigenvalue weighted by Gasteiger charge is -2.09. The van der Waals surface area contributed by atoms with Crippen LogP contribution in [-0.2, 0) is 9.59 Å². The summed E-state index contributed by atoms with van der Waals surface area (Å²) >= 11 is 0. The largest absolute Gasteiger partial charge is 0.493 e. The summed E-state index contributed by atoms with van der Waals surface area (Å²) in [4.78, 5) is 20.7. The van der Waals surface area contributed by atoms with E-state index < -0.39 is 18.5 Å². The van der Waals surface area contributed by atoms with Crippen molar-refractivity contribution in [1.82, 2.24) is 0 Å². The fourth-order valence-electron chi connectivity index (χ4n) is 1.21. The van der Waals surface area contributed by atoms with Crippen LogP contribution < -0.4 is 9.47 Å². The average Bonchev–Trinajstić information content (AvgIpc) is 2.34. The Kier molecular flexibility index (Phi) is 4.74. The van der Waals surface area contributed by atoms with E-state index in [9.17, 15) is 9.59 Å². The predicted molar refractivity (Wildman–Crippen MR) is 62.8 cm³/mol. The minimum absolute atomic E-state index is 0.285. The number of carboxylic acids is 2. The van der Waals surface area contributed by atoms with E-state index in [2.05, 4.69) is 0 Å². The van der Waals surface area contributed by atoms with Gasteiger partial charge in [0.05, 0.1) is 7.11 Å². The number of hydrogen-bond acceptors (Lipinski definition) is 4. The molecule has 0 aromatic heterocycles. The zero-order chi connectivity index (χ0) is 13.5. The SMILES string of the molecule is COc1cc(C=CC(=O)O)ccc1OCC(=O)O. The lowest BCUT2D eigenvalue weighted by Crippen LogP contribution is -2.10. The van der Waals surface area contributed by atoms with Crippen LogP contribution in [0.2, 0.25) is 0 Å². The van der Waals surface area contributed by atoms with E-state index in [0.29, 0.717) is 11.3 Å². The molecule has 0 unspecified atom stereocenters. The lowest BCUT2D eigenvalue weighted by atomic mass is 10.2. The molecule has 0 bridgehead atoms. The molecule has 0 atom stereocenters. The van der Waals surface area contributed by atoms with E-state index in [4.69, 9.17) is 19.7 Å². The number of methoxy groups -OCH3 is 1. The van der Waals surface area contributed by atoms with Crippen molar-refractivity contribution < 1.29 is 29.3 Å². The Labute approximate surface area is 103 Å². The highest BCUT2D eigenvalue weighted by Gasteiger charge is 2.06. The molecule has 0 heterocycles. The van der Waals surface area contributed by atoms with Crippen LogP contribution in [0, 0.1) is 0 Å². The highest BCUT2D eigenvalue weighted by atomic mass is 16.5. The van der Waals surface area contributed by atoms with Crippen molar-refractivity contribution in [2.24, 2.45) is 0 Å². The van der Waals surface area contributed by atoms with Crippen molar-refractivity contribution >= 4 is 18.0 Å². The quantitative estimate of drug-likeness (QED) is 0.740. The number of rotatable bonds is 6. The maximum Gasteiger partial charge on any atom is 0.341 e. The first-order chi connectivity index (χ1) is 8.52. The van der Waals surface area contributed by atoms with Gasteiger partial charge in [-0.2, -0.15) is 0 Å². The molecule has 0 radical (unpaired) electrons. The molecule has 0 aliphatic carbocycles. The molecule has 0 amide bonds. The molecule has 0 fully saturated rings. The highest BCUT2D eigenvalue weighted by molar-refractivity contribution is 5.85. The first-order valence-corrected chi connectivity index (χ1v) is 4.96. The molecule has 0 saturated carbocycles. The van der Waals surface area contributed by atoms with E-state index in [-0.39, 0.29) is 5.75 Å². The smallest absolute Gasteiger partial charge is 0.341 e. The van der Waals surface area contributed by atoms with Gasteiger partial charge < -0.3 is 19.7 Å². The van der Waals surface area contributed by atoms with Crippen LogP contribution >= 0.6 is 0 Å². The number of hydrogen-bond donors (Lipinski definition) is 2. The van der Waals surface area contributed by atoms with Crippen molar-refractivity contribution in [2.75, 3.05) is 13.7 Å². The van der Waals surface area contributed by atoms with E-state index in [1.54, 1.807) is 12.1 Å². The third-order valence-electron chi connectivity index (χ3n) is 1.96. The first kappa shape index (κ1) is 13.6. The van der Waals surface area contributed by atoms with E-state index >= 15 is 0 Å². The van der Waals surface area contributed by atoms with Crippen molar-refractivity contribution in [3.8, 4) is 11.5 Å². The second-order valence-corrected chi connectivity index (χ2v) is 3.26. The van der Waals surface area contributed by atoms with E-state index in [0.717, 1.165) is 6.08 Å². The second kappa shape index (κ2) is 6.29. The molecule has 1 aromatic carbocycles. The van der Waals surface area contributed by atoms with Crippen LogP contribution in [0.5, 0.6) is 11.5 Å². The molecule has 96 valence electrons. The molecule has 1 rings (SSSR count). The van der Waals surface area contributed by atoms with E-state index in [1.165, 1.54) is 19.3 Å². The van der Waals surface area contributed by atoms with Crippen molar-refractivity contribution in [3.05, 3.63) is 29.8 Å². The Morgan fingerprint density at radius 3 is 2.56 bits per heavy atom. The van der Waals surface area contributed by atoms with Gasteiger partial charge in [0.2, 0.25) is 0 Å². The van der Waals surface area contributed by atoms with Gasteiger partial charge in [0, 0.05) is 6.08 Å². The van der Waals surface area contributed by atoms with Crippen LogP contribution in [0.1, 0.15) is 5.56 Å². The van der Waals surface area contributed by atoms with Crippen molar-refractivity contribution in [2.45, 2.75) is 0 Å². The fraction of sp³-hybridized carbons (Fsp3) is 0.167. The van der Waals surface area contributed by atoms with Gasteiger partial charge in [0.1, 0.15) is 0 Å². The maximum atomic E-state index is 10.4. The number of carboxylic acid groups (broad SMARTS) is 2. The molecule has 6 nitrogen and oxygen atoms in total. The molecule has 0 aliphatic rings. The van der Waals surface area contributed by atoms with Gasteiger partial charge in [-0.05, 0) is 23.8 Å². The van der Waals surface area contributed by atoms with Gasteiger partial charge in [-0.15, -0.1) is 0 Å². The summed E-state index contributed by atoms with van der Waals surface area (Å²) in [6, 6.07) is 4.67. The first-order valence-electron chi connectivity index (χ1n) is 4.96. The van der Waals surface area contributed by atoms with Crippen LogP contribution in [0.4, 0.5) is 0 Å². The van der Waals surface area contributed by atoms with E-state index in [1.807, 2.05) is 0 Å². The van der Waals surface area contributed by atoms with Crippen LogP contribution in [0.3, 0.4) is 0 Å². The molecular formula is C12H12O6. The Bertz CT molecular complexity index is 477. The summed E-state index contributed by atoms with van der Waals surface area (Å²) in [5, 5.41) is 17.0. The second-order valence-electron chi connectivity index (χ2n) is 3.26. The number of ether oxygens (including phenoxy) is 2. The summed E-state index contributed by atoms with van der Waals surface area (Å²) < 4.78 is 10.0. The number of benzene rings is 1. The minimum atomic E-state index is -1.09. The Hall–Kier alpha value is -2.50. The third kappa shape index (κ3) is 4.17. The van der Waals surface area contributed by atoms with Gasteiger partial charge in [0.25, 0.3) is 0 Å². The van der Waals surface area contributed by atoms with Gasteiger partial charge >= 0.3 is 11.9 Å². The summed E-state index contributed by atoms with van der Waals surface area (Å²) in [5.74, 6) is -1.52. The summed E-state index contributed by atoms with van der Waals surface area (Å²) in [5.41, 5.74) is 0.608. The molecule has 0 spiro atoms. The monoisotopic (exact) mass is 252 g/mol. The average molecular weight is 252 g/mol. The predicted octanol–water partition coefficient (Wildman–Crippen LogP) is 1.26. The molecule has 0 saturated heterocycles. The van der Waals surface area contributed by atoms with Crippen LogP contribution in [-0.4, -0.2) is 35.9 Å². The molecule has 18 heavy (non-hydrogen) atoms. The molecule has 2 N–H and O–H groups in total. The fourth-order valence-corrected chi connectivity index (χ4v) is 1.21. The molecule has 0 aliphatic heterocycles. The molecule has 6 heteroatoms. The standard InChI is InChI=1S/C12H12O6/c1-17-10-6-8(3-5-11(13)14)2-4-9(10)18-7-12(15)16/h2-6H,7H2,1H3,(H,13,14)(H,15,16). The van der Waals surface area contributed by atoms with Crippen molar-refractivity contribution in [3.63, 3.8) is 0 Å². The Morgan fingerprint density at radius 2 is 2.00 bits per heavy atom. The molecular weight excluding hydrogens is 240 g/mol. The molecule has 1 aromatic rings. The van der Waals surface area contributed by atoms with Crippen LogP contribution in [0.25, 0.3) is 6.08 Å². The summed E-state index contributed by atoms with van der Waals surface area (Å²) in [7, 11) is 1.41. The third-order valence-corrected chi connectivity index (χ3v) is 1.96. The summed E-state index contributed by atoms with van der Waals surface area (Å²) in [6.45, 7) is -0.472. The maximum absolute atomic E-state index is 10.4. The zero-order valence-corrected chi connectivity index (χ0v) is 9.62. The highest BCUT2D eigenvalue weighted by Crippen LogP contribution is 2.28.